The van der Waals surface area contributed by atoms with Crippen LogP contribution in [-0.2, 0) is 6.42 Å². The zero-order chi connectivity index (χ0) is 22.6. The van der Waals surface area contributed by atoms with Gasteiger partial charge in [0.15, 0.2) is 0 Å². The molecule has 1 N–H and O–H groups in total. The van der Waals surface area contributed by atoms with Crippen molar-refractivity contribution in [2.24, 2.45) is 0 Å². The van der Waals surface area contributed by atoms with Crippen molar-refractivity contribution in [1.82, 2.24) is 30.0 Å². The van der Waals surface area contributed by atoms with Gasteiger partial charge in [0.1, 0.15) is 5.75 Å². The average Bonchev–Trinajstić information content (AvgIpc) is 3.62. The number of pyridine rings is 1. The molecule has 1 aromatic carbocycles. The number of methoxy groups -OCH3 is 1. The molecule has 166 valence electrons. The molecule has 0 atom stereocenters. The third kappa shape index (κ3) is 4.59. The van der Waals surface area contributed by atoms with Gasteiger partial charge >= 0.3 is 0 Å². The Kier molecular flexibility index (Phi) is 5.80. The molecule has 8 heteroatoms. The number of nitrogens with zero attached hydrogens (tertiary/aromatic N) is 5. The smallest absolute Gasteiger partial charge is 0.254 e. The Balaban J connectivity index is 1.39. The van der Waals surface area contributed by atoms with Gasteiger partial charge in [-0.1, -0.05) is 12.1 Å². The molecular formula is C25H24N6O2. The summed E-state index contributed by atoms with van der Waals surface area (Å²) in [6.45, 7) is 0.542. The van der Waals surface area contributed by atoms with Crippen LogP contribution in [0.2, 0.25) is 0 Å². The van der Waals surface area contributed by atoms with Gasteiger partial charge in [-0.15, -0.1) is 0 Å². The van der Waals surface area contributed by atoms with E-state index in [1.165, 1.54) is 0 Å². The molecule has 3 aromatic heterocycles. The van der Waals surface area contributed by atoms with Crippen LogP contribution in [0.25, 0.3) is 17.2 Å². The molecule has 0 spiro atoms. The number of hydrogen-bond acceptors (Lipinski definition) is 6. The van der Waals surface area contributed by atoms with Crippen molar-refractivity contribution in [2.75, 3.05) is 13.7 Å². The van der Waals surface area contributed by atoms with Gasteiger partial charge in [-0.05, 0) is 55.2 Å². The molecule has 1 saturated carbocycles. The van der Waals surface area contributed by atoms with E-state index in [0.717, 1.165) is 47.5 Å². The molecule has 33 heavy (non-hydrogen) atoms. The highest BCUT2D eigenvalue weighted by Crippen LogP contribution is 2.42. The lowest BCUT2D eigenvalue weighted by molar-refractivity contribution is 0.0953. The van der Waals surface area contributed by atoms with Gasteiger partial charge < -0.3 is 10.1 Å². The quantitative estimate of drug-likeness (QED) is 0.450. The van der Waals surface area contributed by atoms with Crippen molar-refractivity contribution in [3.63, 3.8) is 0 Å². The topological polar surface area (TPSA) is 94.8 Å². The highest BCUT2D eigenvalue weighted by atomic mass is 16.5. The minimum atomic E-state index is -0.124. The number of ether oxygens (including phenoxy) is 1. The third-order valence-corrected chi connectivity index (χ3v) is 5.66. The van der Waals surface area contributed by atoms with Crippen LogP contribution in [0.4, 0.5) is 0 Å². The number of amides is 1. The maximum absolute atomic E-state index is 13.0. The molecule has 1 fully saturated rings. The summed E-state index contributed by atoms with van der Waals surface area (Å²) < 4.78 is 7.04. The maximum atomic E-state index is 13.0. The lowest BCUT2D eigenvalue weighted by atomic mass is 10.1. The summed E-state index contributed by atoms with van der Waals surface area (Å²) in [5.41, 5.74) is 4.28. The third-order valence-electron chi connectivity index (χ3n) is 5.66. The van der Waals surface area contributed by atoms with Gasteiger partial charge in [0.2, 0.25) is 0 Å². The van der Waals surface area contributed by atoms with E-state index in [9.17, 15) is 4.79 Å². The van der Waals surface area contributed by atoms with Crippen LogP contribution in [0.3, 0.4) is 0 Å². The van der Waals surface area contributed by atoms with Crippen molar-refractivity contribution in [2.45, 2.75) is 25.2 Å². The van der Waals surface area contributed by atoms with Crippen molar-refractivity contribution in [1.29, 1.82) is 0 Å². The van der Waals surface area contributed by atoms with Crippen LogP contribution in [-0.4, -0.2) is 44.3 Å². The standard InChI is InChI=1S/C25H24N6O2/c1-33-20-4-2-3-19(15-20)22-10-14-28-25(30-22)31-23(18-5-6-18)21(16-29-31)24(32)27-13-9-17-7-11-26-12-8-17/h2-4,7-8,10-12,14-16,18H,5-6,9,13H2,1H3,(H,27,32). The summed E-state index contributed by atoms with van der Waals surface area (Å²) in [7, 11) is 1.64. The minimum absolute atomic E-state index is 0.124. The molecule has 1 aliphatic rings. The summed E-state index contributed by atoms with van der Waals surface area (Å²) in [6, 6.07) is 13.5. The number of rotatable bonds is 8. The minimum Gasteiger partial charge on any atom is -0.497 e. The Bertz CT molecular complexity index is 1270. The van der Waals surface area contributed by atoms with E-state index < -0.39 is 0 Å². The van der Waals surface area contributed by atoms with Gasteiger partial charge in [-0.2, -0.15) is 5.10 Å². The second kappa shape index (κ2) is 9.20. The number of hydrogen-bond donors (Lipinski definition) is 1. The maximum Gasteiger partial charge on any atom is 0.254 e. The van der Waals surface area contributed by atoms with Gasteiger partial charge in [0, 0.05) is 36.6 Å². The highest BCUT2D eigenvalue weighted by Gasteiger charge is 2.33. The van der Waals surface area contributed by atoms with Crippen molar-refractivity contribution >= 4 is 5.91 Å². The Morgan fingerprint density at radius 2 is 2.00 bits per heavy atom. The van der Waals surface area contributed by atoms with E-state index in [4.69, 9.17) is 9.72 Å². The number of aromatic nitrogens is 5. The molecule has 0 bridgehead atoms. The molecule has 8 nitrogen and oxygen atoms in total. The van der Waals surface area contributed by atoms with Crippen LogP contribution in [0.15, 0.2) is 67.3 Å². The largest absolute Gasteiger partial charge is 0.497 e. The van der Waals surface area contributed by atoms with Crippen molar-refractivity contribution < 1.29 is 9.53 Å². The zero-order valence-corrected chi connectivity index (χ0v) is 18.3. The van der Waals surface area contributed by atoms with E-state index in [0.29, 0.717) is 18.1 Å². The van der Waals surface area contributed by atoms with Crippen LogP contribution in [0.1, 0.15) is 40.4 Å². The average molecular weight is 441 g/mol. The first-order valence-electron chi connectivity index (χ1n) is 11.0. The summed E-state index contributed by atoms with van der Waals surface area (Å²) in [6.07, 6.45) is 9.64. The molecule has 0 aliphatic heterocycles. The summed E-state index contributed by atoms with van der Waals surface area (Å²) >= 11 is 0. The molecule has 1 aliphatic carbocycles. The van der Waals surface area contributed by atoms with E-state index in [1.807, 2.05) is 42.5 Å². The molecular weight excluding hydrogens is 416 g/mol. The van der Waals surface area contributed by atoms with Gasteiger partial charge in [-0.3, -0.25) is 9.78 Å². The fraction of sp³-hybridized carbons (Fsp3) is 0.240. The SMILES string of the molecule is COc1cccc(-c2ccnc(-n3ncc(C(=O)NCCc4ccncc4)c3C3CC3)n2)c1. The molecule has 3 heterocycles. The summed E-state index contributed by atoms with van der Waals surface area (Å²) in [4.78, 5) is 26.2. The van der Waals surface area contributed by atoms with Gasteiger partial charge in [0.25, 0.3) is 11.9 Å². The molecule has 0 unspecified atom stereocenters. The number of nitrogens with one attached hydrogen (secondary N) is 1. The van der Waals surface area contributed by atoms with Crippen LogP contribution in [0, 0.1) is 0 Å². The van der Waals surface area contributed by atoms with Gasteiger partial charge in [0.05, 0.1) is 30.3 Å². The van der Waals surface area contributed by atoms with Crippen molar-refractivity contribution in [3.8, 4) is 23.0 Å². The van der Waals surface area contributed by atoms with Crippen LogP contribution < -0.4 is 10.1 Å². The molecule has 4 aromatic rings. The highest BCUT2D eigenvalue weighted by molar-refractivity contribution is 5.95. The molecule has 0 saturated heterocycles. The zero-order valence-electron chi connectivity index (χ0n) is 18.3. The van der Waals surface area contributed by atoms with Crippen LogP contribution >= 0.6 is 0 Å². The van der Waals surface area contributed by atoms with E-state index in [-0.39, 0.29) is 11.8 Å². The Morgan fingerprint density at radius 3 is 2.79 bits per heavy atom. The monoisotopic (exact) mass is 440 g/mol. The van der Waals surface area contributed by atoms with E-state index in [1.54, 1.807) is 36.6 Å². The van der Waals surface area contributed by atoms with Crippen LogP contribution in [0.5, 0.6) is 5.75 Å². The second-order valence-corrected chi connectivity index (χ2v) is 7.96. The van der Waals surface area contributed by atoms with Gasteiger partial charge in [-0.25, -0.2) is 14.6 Å². The predicted molar refractivity (Wildman–Crippen MR) is 123 cm³/mol. The molecule has 0 radical (unpaired) electrons. The summed E-state index contributed by atoms with van der Waals surface area (Å²) in [5.74, 6) is 1.38. The number of benzene rings is 1. The summed E-state index contributed by atoms with van der Waals surface area (Å²) in [5, 5.41) is 7.52. The van der Waals surface area contributed by atoms with Crippen molar-refractivity contribution in [3.05, 3.63) is 84.1 Å². The lowest BCUT2D eigenvalue weighted by Crippen LogP contribution is -2.26. The fourth-order valence-corrected chi connectivity index (χ4v) is 3.80. The van der Waals surface area contributed by atoms with E-state index in [2.05, 4.69) is 20.4 Å². The first-order chi connectivity index (χ1) is 16.2. The first kappa shape index (κ1) is 20.8. The fourth-order valence-electron chi connectivity index (χ4n) is 3.80. The Hall–Kier alpha value is -4.07. The lowest BCUT2D eigenvalue weighted by Gasteiger charge is -2.10. The van der Waals surface area contributed by atoms with E-state index >= 15 is 0 Å². The second-order valence-electron chi connectivity index (χ2n) is 7.96. The first-order valence-corrected chi connectivity index (χ1v) is 11.0. The molecule has 1 amide bonds. The molecule has 5 rings (SSSR count). The normalized spacial score (nSPS) is 13.0. The Morgan fingerprint density at radius 1 is 1.15 bits per heavy atom. The Labute approximate surface area is 191 Å². The number of carbonyl (C=O) groups excluding carboxylic acids is 1. The predicted octanol–water partition coefficient (Wildman–Crippen LogP) is 3.58. The number of carbonyl (C=O) groups is 1.